The number of hydrogen-bond donors (Lipinski definition) is 2. The first-order valence-corrected chi connectivity index (χ1v) is 6.01. The van der Waals surface area contributed by atoms with E-state index in [2.05, 4.69) is 44.3 Å². The third kappa shape index (κ3) is 4.19. The summed E-state index contributed by atoms with van der Waals surface area (Å²) >= 11 is 0. The van der Waals surface area contributed by atoms with Crippen LogP contribution in [0.15, 0.2) is 18.2 Å². The zero-order valence-corrected chi connectivity index (χ0v) is 11.1. The average Bonchev–Trinajstić information content (AvgIpc) is 2.20. The van der Waals surface area contributed by atoms with Gasteiger partial charge in [-0.2, -0.15) is 0 Å². The third-order valence-corrected chi connectivity index (χ3v) is 3.07. The van der Waals surface area contributed by atoms with Crippen LogP contribution in [0.2, 0.25) is 0 Å². The Hall–Kier alpha value is -1.35. The Morgan fingerprint density at radius 3 is 2.47 bits per heavy atom. The van der Waals surface area contributed by atoms with E-state index in [9.17, 15) is 4.79 Å². The van der Waals surface area contributed by atoms with Gasteiger partial charge in [0.1, 0.15) is 0 Å². The van der Waals surface area contributed by atoms with Gasteiger partial charge in [0.25, 0.3) is 0 Å². The lowest BCUT2D eigenvalue weighted by molar-refractivity contribution is -0.118. The van der Waals surface area contributed by atoms with Crippen molar-refractivity contribution in [3.05, 3.63) is 34.9 Å². The van der Waals surface area contributed by atoms with Crippen molar-refractivity contribution in [1.82, 2.24) is 5.32 Å². The summed E-state index contributed by atoms with van der Waals surface area (Å²) in [6.45, 7) is 8.29. The molecule has 2 unspecified atom stereocenters. The zero-order valence-electron chi connectivity index (χ0n) is 11.1. The number of amides is 1. The summed E-state index contributed by atoms with van der Waals surface area (Å²) in [4.78, 5) is 10.8. The quantitative estimate of drug-likeness (QED) is 0.820. The van der Waals surface area contributed by atoms with Crippen molar-refractivity contribution in [1.29, 1.82) is 0 Å². The van der Waals surface area contributed by atoms with Crippen molar-refractivity contribution in [2.45, 2.75) is 46.2 Å². The number of nitrogens with one attached hydrogen (secondary N) is 1. The highest BCUT2D eigenvalue weighted by Crippen LogP contribution is 2.17. The Kier molecular flexibility index (Phi) is 4.70. The average molecular weight is 234 g/mol. The molecule has 1 amide bonds. The Balaban J connectivity index is 2.66. The molecule has 0 radical (unpaired) electrons. The van der Waals surface area contributed by atoms with Crippen LogP contribution in [-0.4, -0.2) is 11.9 Å². The second-order valence-corrected chi connectivity index (χ2v) is 4.80. The van der Waals surface area contributed by atoms with Crippen LogP contribution < -0.4 is 11.1 Å². The summed E-state index contributed by atoms with van der Waals surface area (Å²) in [5.74, 6) is -0.266. The van der Waals surface area contributed by atoms with Crippen molar-refractivity contribution < 1.29 is 4.79 Å². The Morgan fingerprint density at radius 1 is 1.29 bits per heavy atom. The van der Waals surface area contributed by atoms with Gasteiger partial charge in [0.15, 0.2) is 0 Å². The first kappa shape index (κ1) is 13.7. The minimum absolute atomic E-state index is 0.101. The molecule has 0 fully saturated rings. The largest absolute Gasteiger partial charge is 0.370 e. The highest BCUT2D eigenvalue weighted by Gasteiger charge is 2.11. The number of primary amides is 1. The molecule has 1 aromatic rings. The smallest absolute Gasteiger partial charge is 0.218 e. The number of carbonyl (C=O) groups is 1. The molecule has 0 saturated carbocycles. The first-order valence-electron chi connectivity index (χ1n) is 6.01. The van der Waals surface area contributed by atoms with Gasteiger partial charge in [-0.3, -0.25) is 4.79 Å². The lowest BCUT2D eigenvalue weighted by Crippen LogP contribution is -2.32. The Bertz CT molecular complexity index is 401. The van der Waals surface area contributed by atoms with Crippen LogP contribution in [0.3, 0.4) is 0 Å². The SMILES string of the molecule is Cc1ccc(C(C)NC(C)CC(N)=O)cc1C. The van der Waals surface area contributed by atoms with E-state index in [1.165, 1.54) is 16.7 Å². The Morgan fingerprint density at radius 2 is 1.94 bits per heavy atom. The number of carbonyl (C=O) groups excluding carboxylic acids is 1. The maximum atomic E-state index is 10.8. The highest BCUT2D eigenvalue weighted by molar-refractivity contribution is 5.74. The maximum absolute atomic E-state index is 10.8. The van der Waals surface area contributed by atoms with Crippen molar-refractivity contribution in [2.24, 2.45) is 5.73 Å². The van der Waals surface area contributed by atoms with E-state index in [0.29, 0.717) is 6.42 Å². The predicted molar refractivity (Wildman–Crippen MR) is 70.7 cm³/mol. The van der Waals surface area contributed by atoms with E-state index in [-0.39, 0.29) is 18.0 Å². The number of aryl methyl sites for hydroxylation is 2. The fourth-order valence-corrected chi connectivity index (χ4v) is 1.92. The molecule has 17 heavy (non-hydrogen) atoms. The molecule has 0 saturated heterocycles. The van der Waals surface area contributed by atoms with E-state index in [4.69, 9.17) is 5.73 Å². The van der Waals surface area contributed by atoms with Gasteiger partial charge >= 0.3 is 0 Å². The lowest BCUT2D eigenvalue weighted by Gasteiger charge is -2.20. The van der Waals surface area contributed by atoms with Gasteiger partial charge in [-0.1, -0.05) is 18.2 Å². The van der Waals surface area contributed by atoms with Crippen LogP contribution in [0, 0.1) is 13.8 Å². The van der Waals surface area contributed by atoms with Gasteiger partial charge < -0.3 is 11.1 Å². The van der Waals surface area contributed by atoms with Crippen LogP contribution in [0.25, 0.3) is 0 Å². The molecule has 0 aromatic heterocycles. The van der Waals surface area contributed by atoms with E-state index < -0.39 is 0 Å². The molecular formula is C14H22N2O. The molecule has 3 heteroatoms. The standard InChI is InChI=1S/C14H22N2O/c1-9-5-6-13(7-10(9)2)12(4)16-11(3)8-14(15)17/h5-7,11-12,16H,8H2,1-4H3,(H2,15,17). The van der Waals surface area contributed by atoms with Gasteiger partial charge in [0.2, 0.25) is 5.91 Å². The van der Waals surface area contributed by atoms with Crippen LogP contribution in [-0.2, 0) is 4.79 Å². The molecular weight excluding hydrogens is 212 g/mol. The fourth-order valence-electron chi connectivity index (χ4n) is 1.92. The molecule has 94 valence electrons. The lowest BCUT2D eigenvalue weighted by atomic mass is 10.0. The summed E-state index contributed by atoms with van der Waals surface area (Å²) in [7, 11) is 0. The number of rotatable bonds is 5. The molecule has 0 aliphatic heterocycles. The molecule has 0 spiro atoms. The van der Waals surface area contributed by atoms with Gasteiger partial charge in [-0.25, -0.2) is 0 Å². The van der Waals surface area contributed by atoms with Crippen molar-refractivity contribution in [2.75, 3.05) is 0 Å². The highest BCUT2D eigenvalue weighted by atomic mass is 16.1. The molecule has 3 N–H and O–H groups in total. The van der Waals surface area contributed by atoms with E-state index in [1.54, 1.807) is 0 Å². The fraction of sp³-hybridized carbons (Fsp3) is 0.500. The van der Waals surface area contributed by atoms with E-state index in [1.807, 2.05) is 6.92 Å². The second-order valence-electron chi connectivity index (χ2n) is 4.80. The summed E-state index contributed by atoms with van der Waals surface area (Å²) in [5, 5.41) is 3.37. The number of hydrogen-bond acceptors (Lipinski definition) is 2. The summed E-state index contributed by atoms with van der Waals surface area (Å²) in [6, 6.07) is 6.76. The van der Waals surface area contributed by atoms with Gasteiger partial charge in [0.05, 0.1) is 0 Å². The van der Waals surface area contributed by atoms with Crippen LogP contribution in [0.1, 0.15) is 43.0 Å². The van der Waals surface area contributed by atoms with Gasteiger partial charge in [-0.05, 0) is 44.4 Å². The number of nitrogens with two attached hydrogens (primary N) is 1. The van der Waals surface area contributed by atoms with Crippen molar-refractivity contribution in [3.63, 3.8) is 0 Å². The van der Waals surface area contributed by atoms with E-state index >= 15 is 0 Å². The zero-order chi connectivity index (χ0) is 13.0. The molecule has 1 aromatic carbocycles. The van der Waals surface area contributed by atoms with Crippen molar-refractivity contribution >= 4 is 5.91 Å². The minimum Gasteiger partial charge on any atom is -0.370 e. The number of benzene rings is 1. The minimum atomic E-state index is -0.266. The molecule has 0 aliphatic rings. The normalized spacial score (nSPS) is 14.4. The monoisotopic (exact) mass is 234 g/mol. The van der Waals surface area contributed by atoms with Crippen LogP contribution >= 0.6 is 0 Å². The molecule has 0 heterocycles. The topological polar surface area (TPSA) is 55.1 Å². The molecule has 2 atom stereocenters. The summed E-state index contributed by atoms with van der Waals surface area (Å²) in [6.07, 6.45) is 0.370. The molecule has 1 rings (SSSR count). The summed E-state index contributed by atoms with van der Waals surface area (Å²) < 4.78 is 0. The second kappa shape index (κ2) is 5.82. The predicted octanol–water partition coefficient (Wildman–Crippen LogP) is 2.22. The van der Waals surface area contributed by atoms with Gasteiger partial charge in [0, 0.05) is 18.5 Å². The van der Waals surface area contributed by atoms with Crippen molar-refractivity contribution in [3.8, 4) is 0 Å². The third-order valence-electron chi connectivity index (χ3n) is 3.07. The first-order chi connectivity index (χ1) is 7.90. The van der Waals surface area contributed by atoms with Crippen LogP contribution in [0.4, 0.5) is 0 Å². The molecule has 0 bridgehead atoms. The van der Waals surface area contributed by atoms with Crippen LogP contribution in [0.5, 0.6) is 0 Å². The Labute approximate surface area is 103 Å². The van der Waals surface area contributed by atoms with Gasteiger partial charge in [-0.15, -0.1) is 0 Å². The van der Waals surface area contributed by atoms with E-state index in [0.717, 1.165) is 0 Å². The summed E-state index contributed by atoms with van der Waals surface area (Å²) in [5.41, 5.74) is 9.00. The molecule has 0 aliphatic carbocycles. The maximum Gasteiger partial charge on any atom is 0.218 e. The molecule has 3 nitrogen and oxygen atoms in total.